The Morgan fingerprint density at radius 1 is 0.260 bits per heavy atom. The van der Waals surface area contributed by atoms with E-state index in [0.717, 1.165) is 0 Å². The highest BCUT2D eigenvalue weighted by molar-refractivity contribution is 6.01. The van der Waals surface area contributed by atoms with Crippen molar-refractivity contribution in [3.63, 3.8) is 0 Å². The summed E-state index contributed by atoms with van der Waals surface area (Å²) >= 11 is 0. The Labute approximate surface area is 754 Å². The molecule has 0 spiro atoms. The van der Waals surface area contributed by atoms with Crippen LogP contribution in [0.4, 0.5) is 0 Å². The zero-order valence-corrected chi connectivity index (χ0v) is 78.9. The van der Waals surface area contributed by atoms with Gasteiger partial charge in [0.2, 0.25) is 94.5 Å². The number of nitrogens with two attached hydrogens (primary N) is 8. The van der Waals surface area contributed by atoms with Gasteiger partial charge in [0, 0.05) is 13.5 Å². The number of rotatable bonds is 69. The molecule has 15 atom stereocenters. The molecule has 1 saturated heterocycles. The summed E-state index contributed by atoms with van der Waals surface area (Å²) in [5.74, 6) is -12.2. The summed E-state index contributed by atoms with van der Waals surface area (Å²) in [5.41, 5.74) is 46.4. The second-order valence-electron chi connectivity index (χ2n) is 36.6. The largest absolute Gasteiger partial charge is 0.368 e. The molecule has 0 unspecified atom stereocenters. The smallest absolute Gasteiger partial charge is 0.245 e. The van der Waals surface area contributed by atoms with Gasteiger partial charge in [-0.25, -0.2) is 0 Å². The Hall–Kier alpha value is -8.76. The van der Waals surface area contributed by atoms with E-state index in [1.807, 2.05) is 83.1 Å². The van der Waals surface area contributed by atoms with E-state index in [9.17, 15) is 71.9 Å². The van der Waals surface area contributed by atoms with Crippen LogP contribution in [0.15, 0.2) is 0 Å². The minimum atomic E-state index is -1.31. The molecule has 39 nitrogen and oxygen atoms in total. The van der Waals surface area contributed by atoms with Gasteiger partial charge in [0.1, 0.15) is 90.6 Å². The molecule has 0 aliphatic carbocycles. The molecule has 1 rings (SSSR count). The summed E-state index contributed by atoms with van der Waals surface area (Å²) in [6, 6.07) is -18.0. The summed E-state index contributed by atoms with van der Waals surface area (Å²) in [7, 11) is 0. The third-order valence-corrected chi connectivity index (χ3v) is 21.8. The van der Waals surface area contributed by atoms with Gasteiger partial charge in [-0.2, -0.15) is 0 Å². The van der Waals surface area contributed by atoms with E-state index in [0.29, 0.717) is 116 Å². The zero-order chi connectivity index (χ0) is 96.0. The van der Waals surface area contributed by atoms with Crippen molar-refractivity contribution in [2.45, 2.75) is 374 Å². The number of likely N-dealkylation sites (tertiary alicyclic amines) is 1. The van der Waals surface area contributed by atoms with Crippen molar-refractivity contribution in [2.75, 3.05) is 52.4 Å². The fourth-order valence-electron chi connectivity index (χ4n) is 15.0. The second kappa shape index (κ2) is 64.9. The molecule has 0 saturated carbocycles. The second-order valence-corrected chi connectivity index (χ2v) is 36.6. The van der Waals surface area contributed by atoms with Gasteiger partial charge in [0.15, 0.2) is 0 Å². The number of primary amides is 1. The van der Waals surface area contributed by atoms with Crippen LogP contribution in [0.5, 0.6) is 0 Å². The van der Waals surface area contributed by atoms with Gasteiger partial charge in [0.25, 0.3) is 0 Å². The quantitative estimate of drug-likeness (QED) is 0.0340. The Morgan fingerprint density at radius 3 is 0.709 bits per heavy atom. The number of unbranched alkanes of at least 4 members (excludes halogenated alkanes) is 7. The molecule has 730 valence electrons. The van der Waals surface area contributed by atoms with Crippen LogP contribution in [-0.4, -0.2) is 242 Å². The van der Waals surface area contributed by atoms with Gasteiger partial charge in [-0.15, -0.1) is 0 Å². The van der Waals surface area contributed by atoms with Crippen molar-refractivity contribution >= 4 is 94.5 Å². The third kappa shape index (κ3) is 47.9. The lowest BCUT2D eigenvalue weighted by molar-refractivity contribution is -0.143. The fraction of sp³-hybridized carbons (Fsp3) is 0.818. The lowest BCUT2D eigenvalue weighted by Crippen LogP contribution is -2.61. The lowest BCUT2D eigenvalue weighted by atomic mass is 9.98. The number of carbonyl (C=O) groups excluding carboxylic acids is 16. The van der Waals surface area contributed by atoms with Crippen molar-refractivity contribution in [3.05, 3.63) is 0 Å². The van der Waals surface area contributed by atoms with E-state index >= 15 is 4.79 Å². The monoisotopic (exact) mass is 1800 g/mol. The Morgan fingerprint density at radius 2 is 0.465 bits per heavy atom. The molecule has 0 radical (unpaired) electrons. The van der Waals surface area contributed by atoms with Gasteiger partial charge < -0.3 is 125 Å². The zero-order valence-electron chi connectivity index (χ0n) is 78.9. The van der Waals surface area contributed by atoms with Crippen LogP contribution in [0.3, 0.4) is 0 Å². The topological polar surface area (TPSA) is 653 Å². The molecular weight excluding hydrogens is 1640 g/mol. The Kier molecular flexibility index (Phi) is 59.4. The number of nitrogens with one attached hydrogen (secondary N) is 14. The lowest BCUT2D eigenvalue weighted by Gasteiger charge is -2.32. The van der Waals surface area contributed by atoms with E-state index < -0.39 is 185 Å². The van der Waals surface area contributed by atoms with Gasteiger partial charge in [-0.3, -0.25) is 76.7 Å². The number of hydrogen-bond acceptors (Lipinski definition) is 23. The average molecular weight is 1800 g/mol. The predicted octanol–water partition coefficient (Wildman–Crippen LogP) is -0.531. The van der Waals surface area contributed by atoms with Crippen LogP contribution in [0.25, 0.3) is 0 Å². The first-order valence-corrected chi connectivity index (χ1v) is 46.8. The Balaban J connectivity index is 3.74. The molecule has 0 aromatic rings. The highest BCUT2D eigenvalue weighted by atomic mass is 16.2. The third-order valence-electron chi connectivity index (χ3n) is 21.8. The van der Waals surface area contributed by atoms with Gasteiger partial charge >= 0.3 is 0 Å². The van der Waals surface area contributed by atoms with Crippen molar-refractivity contribution in [1.82, 2.24) is 79.3 Å². The van der Waals surface area contributed by atoms with E-state index in [4.69, 9.17) is 45.9 Å². The molecule has 39 heteroatoms. The van der Waals surface area contributed by atoms with Crippen LogP contribution < -0.4 is 120 Å². The van der Waals surface area contributed by atoms with Crippen molar-refractivity contribution in [2.24, 2.45) is 81.4 Å². The van der Waals surface area contributed by atoms with Crippen LogP contribution in [-0.2, 0) is 76.7 Å². The number of carbonyl (C=O) groups is 16. The first kappa shape index (κ1) is 116. The van der Waals surface area contributed by atoms with E-state index in [2.05, 4.69) is 74.4 Å². The van der Waals surface area contributed by atoms with E-state index in [1.165, 1.54) is 18.7 Å². The highest BCUT2D eigenvalue weighted by Crippen LogP contribution is 2.23. The summed E-state index contributed by atoms with van der Waals surface area (Å²) < 4.78 is 0. The van der Waals surface area contributed by atoms with Gasteiger partial charge in [-0.1, -0.05) is 83.1 Å². The highest BCUT2D eigenvalue weighted by Gasteiger charge is 2.42. The molecule has 0 bridgehead atoms. The molecule has 1 heterocycles. The number of nitrogens with zero attached hydrogens (tertiary/aromatic N) is 1. The average Bonchev–Trinajstić information content (AvgIpc) is 1.72. The predicted molar refractivity (Wildman–Crippen MR) is 489 cm³/mol. The van der Waals surface area contributed by atoms with E-state index in [-0.39, 0.29) is 158 Å². The van der Waals surface area contributed by atoms with Crippen LogP contribution in [0, 0.1) is 35.5 Å². The number of hydrogen-bond donors (Lipinski definition) is 22. The van der Waals surface area contributed by atoms with Crippen LogP contribution >= 0.6 is 0 Å². The molecule has 0 aromatic heterocycles. The molecule has 1 fully saturated rings. The molecular formula is C88H167N23O16. The molecule has 0 aromatic carbocycles. The molecule has 30 N–H and O–H groups in total. The minimum absolute atomic E-state index is 0.0348. The molecule has 16 amide bonds. The van der Waals surface area contributed by atoms with Gasteiger partial charge in [0.05, 0.1) is 0 Å². The molecule has 1 aliphatic heterocycles. The maximum atomic E-state index is 15.1. The first-order chi connectivity index (χ1) is 60.0. The Bertz CT molecular complexity index is 3370. The van der Waals surface area contributed by atoms with Crippen LogP contribution in [0.1, 0.15) is 283 Å². The first-order valence-electron chi connectivity index (χ1n) is 46.8. The SMILES string of the molecule is CC(=O)N[C@@H](CCCCN)C(=O)N[C@@H](CCCCN)C(=O)N[C@@H](CC(C)C)C(=O)N[C@@H](CC(C)C)C(=O)N[C@@H](CCCCN)C(=O)N[C@@H](CC(C)C)C(=O)N[C@@H](CC(C)C)C(=O)N[C@@H](CCCCN)C(=O)N[C@@H](CCCCN)C(=O)N1CCC[C@H]1C(=O)N[C@@H](CC(C)C)C(=O)N[C@@H](CCCCN)C(=O)N[C@@H](CC(C)C)C(=O)N[C@@H](C)C(=O)N[C@@H](CCCCN)C(N)=O. The molecule has 127 heavy (non-hydrogen) atoms. The normalized spacial score (nSPS) is 16.1. The minimum Gasteiger partial charge on any atom is -0.368 e. The summed E-state index contributed by atoms with van der Waals surface area (Å²) in [6.07, 6.45) is 8.35. The summed E-state index contributed by atoms with van der Waals surface area (Å²) in [4.78, 5) is 229. The summed E-state index contributed by atoms with van der Waals surface area (Å²) in [6.45, 7) is 26.9. The van der Waals surface area contributed by atoms with Crippen molar-refractivity contribution in [3.8, 4) is 0 Å². The van der Waals surface area contributed by atoms with Crippen molar-refractivity contribution in [1.29, 1.82) is 0 Å². The van der Waals surface area contributed by atoms with E-state index in [1.54, 1.807) is 0 Å². The fourth-order valence-corrected chi connectivity index (χ4v) is 15.0. The maximum absolute atomic E-state index is 15.1. The van der Waals surface area contributed by atoms with Gasteiger partial charge in [-0.05, 0) is 274 Å². The number of amides is 16. The molecule has 1 aliphatic rings. The van der Waals surface area contributed by atoms with Crippen molar-refractivity contribution < 1.29 is 76.7 Å². The standard InChI is InChI=1S/C88H167N23O16/c1-52(2)46-67(81(120)97-58(13)75(114)99-60(74(96)113)30-15-22-38-89)105-79(118)64(34-19-26-42-93)103-84(123)72(51-57(11)12)110-87(126)73-37-29-45-111(73)88(127)66(36-21-28-44-95)104-77(116)62(32-17-24-40-91)101-82(121)68(47-53(3)4)108-86(125)71(50-56(9)10)107-80(119)65(35-20-27-43-94)102-83(122)69(48-54(5)6)109-85(124)70(49-55(7)8)106-78(117)63(33-18-25-41-92)100-76(115)61(98-59(14)112)31-16-23-39-90/h52-58,60-73H,15-51,89-95H2,1-14H3,(H2,96,113)(H,97,120)(H,98,112)(H,99,114)(H,100,115)(H,101,121)(H,102,122)(H,103,123)(H,104,116)(H,105,118)(H,106,117)(H,107,119)(H,108,125)(H,109,124)(H,110,126)/t58-,60-,61-,62-,63-,64-,65-,66-,67-,68-,69-,70-,71-,72-,73-/m0/s1. The van der Waals surface area contributed by atoms with Crippen LogP contribution in [0.2, 0.25) is 0 Å². The maximum Gasteiger partial charge on any atom is 0.245 e. The summed E-state index contributed by atoms with van der Waals surface area (Å²) in [5, 5.41) is 39.0.